The molecule has 0 saturated carbocycles. The van der Waals surface area contributed by atoms with Crippen molar-refractivity contribution in [3.8, 4) is 17.2 Å². The third-order valence-corrected chi connectivity index (χ3v) is 4.78. The molecule has 0 aliphatic carbocycles. The molecule has 2 aromatic carbocycles. The summed E-state index contributed by atoms with van der Waals surface area (Å²) in [7, 11) is 4.49. The molecule has 8 heteroatoms. The second-order valence-electron chi connectivity index (χ2n) is 6.19. The topological polar surface area (TPSA) is 77.1 Å². The van der Waals surface area contributed by atoms with Crippen molar-refractivity contribution in [1.29, 1.82) is 0 Å². The molecule has 1 N–H and O–H groups in total. The normalized spacial score (nSPS) is 15.4. The third-order valence-electron chi connectivity index (χ3n) is 4.49. The molecule has 0 bridgehead atoms. The lowest BCUT2D eigenvalue weighted by Crippen LogP contribution is -2.54. The maximum atomic E-state index is 13.2. The number of benzene rings is 2. The van der Waals surface area contributed by atoms with E-state index in [1.54, 1.807) is 24.3 Å². The molecule has 29 heavy (non-hydrogen) atoms. The van der Waals surface area contributed by atoms with Crippen LogP contribution in [-0.4, -0.2) is 38.3 Å². The number of carbonyl (C=O) groups excluding carboxylic acids is 2. The Balaban J connectivity index is 2.11. The van der Waals surface area contributed by atoms with Crippen LogP contribution in [0.15, 0.2) is 42.0 Å². The zero-order valence-electron chi connectivity index (χ0n) is 16.4. The van der Waals surface area contributed by atoms with Crippen molar-refractivity contribution in [2.24, 2.45) is 0 Å². The Labute approximate surface area is 173 Å². The second-order valence-corrected chi connectivity index (χ2v) is 6.58. The van der Waals surface area contributed by atoms with Crippen LogP contribution in [0.4, 0.5) is 5.69 Å². The number of para-hydroxylation sites is 1. The van der Waals surface area contributed by atoms with Crippen molar-refractivity contribution in [1.82, 2.24) is 5.32 Å². The predicted molar refractivity (Wildman–Crippen MR) is 113 cm³/mol. The second kappa shape index (κ2) is 8.32. The lowest BCUT2D eigenvalue weighted by Gasteiger charge is -2.30. The molecule has 1 heterocycles. The number of nitrogens with one attached hydrogen (secondary N) is 1. The first-order valence-electron chi connectivity index (χ1n) is 8.68. The standard InChI is InChI=1S/C21H20N2O5S/c1-12-7-5-6-8-15(12)23-20(25)14(19(24)22-21(23)29)9-13-10-17(27-3)18(28-4)11-16(13)26-2/h5-11H,1-4H3,(H,22,24,29)/b14-9+. The van der Waals surface area contributed by atoms with Gasteiger partial charge in [-0.15, -0.1) is 0 Å². The fourth-order valence-corrected chi connectivity index (χ4v) is 3.29. The van der Waals surface area contributed by atoms with Crippen molar-refractivity contribution in [3.63, 3.8) is 0 Å². The number of carbonyl (C=O) groups is 2. The lowest BCUT2D eigenvalue weighted by atomic mass is 10.0. The molecule has 2 amide bonds. The van der Waals surface area contributed by atoms with Gasteiger partial charge in [0.15, 0.2) is 16.6 Å². The maximum Gasteiger partial charge on any atom is 0.270 e. The van der Waals surface area contributed by atoms with Gasteiger partial charge in [-0.2, -0.15) is 0 Å². The van der Waals surface area contributed by atoms with Gasteiger partial charge in [-0.05, 0) is 42.9 Å². The number of amides is 2. The highest BCUT2D eigenvalue weighted by molar-refractivity contribution is 7.80. The van der Waals surface area contributed by atoms with Crippen LogP contribution in [0.2, 0.25) is 0 Å². The summed E-state index contributed by atoms with van der Waals surface area (Å²) in [5.41, 5.74) is 1.86. The van der Waals surface area contributed by atoms with E-state index in [2.05, 4.69) is 5.32 Å². The van der Waals surface area contributed by atoms with E-state index in [9.17, 15) is 9.59 Å². The SMILES string of the molecule is COc1cc(OC)c(OC)cc1/C=C1\C(=O)NC(=S)N(c2ccccc2C)C1=O. The largest absolute Gasteiger partial charge is 0.496 e. The van der Waals surface area contributed by atoms with Crippen LogP contribution in [0.25, 0.3) is 6.08 Å². The first kappa shape index (κ1) is 20.3. The minimum absolute atomic E-state index is 0.0331. The Morgan fingerprint density at radius 2 is 1.59 bits per heavy atom. The number of rotatable bonds is 5. The third kappa shape index (κ3) is 3.79. The van der Waals surface area contributed by atoms with Gasteiger partial charge < -0.3 is 14.2 Å². The van der Waals surface area contributed by atoms with Gasteiger partial charge >= 0.3 is 0 Å². The number of ether oxygens (including phenoxy) is 3. The first-order chi connectivity index (χ1) is 13.9. The van der Waals surface area contributed by atoms with E-state index in [0.29, 0.717) is 28.5 Å². The highest BCUT2D eigenvalue weighted by Crippen LogP contribution is 2.36. The molecule has 150 valence electrons. The predicted octanol–water partition coefficient (Wildman–Crippen LogP) is 2.85. The first-order valence-corrected chi connectivity index (χ1v) is 9.09. The Bertz CT molecular complexity index is 1030. The Morgan fingerprint density at radius 1 is 0.966 bits per heavy atom. The average Bonchev–Trinajstić information content (AvgIpc) is 2.71. The summed E-state index contributed by atoms with van der Waals surface area (Å²) in [4.78, 5) is 27.1. The number of hydrogen-bond acceptors (Lipinski definition) is 6. The minimum Gasteiger partial charge on any atom is -0.496 e. The van der Waals surface area contributed by atoms with E-state index in [-0.39, 0.29) is 10.7 Å². The maximum absolute atomic E-state index is 13.2. The molecule has 0 spiro atoms. The number of aryl methyl sites for hydroxylation is 1. The quantitative estimate of drug-likeness (QED) is 0.462. The van der Waals surface area contributed by atoms with Gasteiger partial charge in [-0.25, -0.2) is 0 Å². The van der Waals surface area contributed by atoms with Crippen molar-refractivity contribution in [3.05, 3.63) is 53.1 Å². The highest BCUT2D eigenvalue weighted by atomic mass is 32.1. The summed E-state index contributed by atoms with van der Waals surface area (Å²) in [6, 6.07) is 10.6. The smallest absolute Gasteiger partial charge is 0.270 e. The molecule has 1 aliphatic heterocycles. The van der Waals surface area contributed by atoms with Crippen LogP contribution < -0.4 is 24.4 Å². The summed E-state index contributed by atoms with van der Waals surface area (Å²) >= 11 is 5.25. The summed E-state index contributed by atoms with van der Waals surface area (Å²) in [6.45, 7) is 1.86. The number of anilines is 1. The van der Waals surface area contributed by atoms with Gasteiger partial charge in [0.25, 0.3) is 11.8 Å². The van der Waals surface area contributed by atoms with Crippen molar-refractivity contribution >= 4 is 40.9 Å². The summed E-state index contributed by atoms with van der Waals surface area (Å²) in [5, 5.41) is 2.61. The van der Waals surface area contributed by atoms with Crippen LogP contribution in [0.3, 0.4) is 0 Å². The minimum atomic E-state index is -0.582. The van der Waals surface area contributed by atoms with Gasteiger partial charge in [0.05, 0.1) is 27.0 Å². The summed E-state index contributed by atoms with van der Waals surface area (Å²) < 4.78 is 16.0. The molecular weight excluding hydrogens is 392 g/mol. The van der Waals surface area contributed by atoms with E-state index in [1.165, 1.54) is 32.3 Å². The Morgan fingerprint density at radius 3 is 2.21 bits per heavy atom. The van der Waals surface area contributed by atoms with E-state index < -0.39 is 11.8 Å². The molecule has 1 aliphatic rings. The number of hydrogen-bond donors (Lipinski definition) is 1. The van der Waals surface area contributed by atoms with Crippen LogP contribution >= 0.6 is 12.2 Å². The van der Waals surface area contributed by atoms with Gasteiger partial charge in [0.1, 0.15) is 11.3 Å². The van der Waals surface area contributed by atoms with Crippen LogP contribution in [0.5, 0.6) is 17.2 Å². The summed E-state index contributed by atoms with van der Waals surface area (Å²) in [5.74, 6) is 0.224. The van der Waals surface area contributed by atoms with E-state index in [0.717, 1.165) is 5.56 Å². The van der Waals surface area contributed by atoms with Crippen LogP contribution in [0, 0.1) is 6.92 Å². The Kier molecular flexibility index (Phi) is 5.84. The zero-order valence-corrected chi connectivity index (χ0v) is 17.3. The van der Waals surface area contributed by atoms with Crippen molar-refractivity contribution in [2.45, 2.75) is 6.92 Å². The van der Waals surface area contributed by atoms with Gasteiger partial charge in [-0.3, -0.25) is 19.8 Å². The molecular formula is C21H20N2O5S. The number of thiocarbonyl (C=S) groups is 1. The van der Waals surface area contributed by atoms with E-state index >= 15 is 0 Å². The molecule has 0 aromatic heterocycles. The highest BCUT2D eigenvalue weighted by Gasteiger charge is 2.35. The monoisotopic (exact) mass is 412 g/mol. The van der Waals surface area contributed by atoms with Gasteiger partial charge in [-0.1, -0.05) is 18.2 Å². The van der Waals surface area contributed by atoms with Crippen molar-refractivity contribution in [2.75, 3.05) is 26.2 Å². The zero-order chi connectivity index (χ0) is 21.1. The number of methoxy groups -OCH3 is 3. The van der Waals surface area contributed by atoms with Crippen molar-refractivity contribution < 1.29 is 23.8 Å². The lowest BCUT2D eigenvalue weighted by molar-refractivity contribution is -0.122. The van der Waals surface area contributed by atoms with E-state index in [4.69, 9.17) is 26.4 Å². The molecule has 0 atom stereocenters. The molecule has 2 aromatic rings. The van der Waals surface area contributed by atoms with E-state index in [1.807, 2.05) is 19.1 Å². The van der Waals surface area contributed by atoms with Gasteiger partial charge in [0.2, 0.25) is 0 Å². The molecule has 7 nitrogen and oxygen atoms in total. The van der Waals surface area contributed by atoms with Crippen LogP contribution in [0.1, 0.15) is 11.1 Å². The van der Waals surface area contributed by atoms with Gasteiger partial charge in [0, 0.05) is 11.6 Å². The summed E-state index contributed by atoms with van der Waals surface area (Å²) in [6.07, 6.45) is 1.45. The average molecular weight is 412 g/mol. The Hall–Kier alpha value is -3.39. The molecule has 1 fully saturated rings. The fraction of sp³-hybridized carbons (Fsp3) is 0.190. The molecule has 1 saturated heterocycles. The van der Waals surface area contributed by atoms with Crippen LogP contribution in [-0.2, 0) is 9.59 Å². The molecule has 0 radical (unpaired) electrons. The molecule has 0 unspecified atom stereocenters. The molecule has 3 rings (SSSR count). The number of nitrogens with zero attached hydrogens (tertiary/aromatic N) is 1. The fourth-order valence-electron chi connectivity index (χ4n) is 3.01.